The van der Waals surface area contributed by atoms with Crippen LogP contribution in [0.4, 0.5) is 0 Å². The molecule has 0 bridgehead atoms. The summed E-state index contributed by atoms with van der Waals surface area (Å²) in [4.78, 5) is 18.7. The smallest absolute Gasteiger partial charge is 0.337 e. The van der Waals surface area contributed by atoms with Crippen LogP contribution in [0.1, 0.15) is 10.4 Å². The van der Waals surface area contributed by atoms with Crippen LogP contribution < -0.4 is 4.74 Å². The Morgan fingerprint density at radius 3 is 2.89 bits per heavy atom. The van der Waals surface area contributed by atoms with Crippen LogP contribution in [-0.2, 0) is 0 Å². The van der Waals surface area contributed by atoms with Gasteiger partial charge in [-0.2, -0.15) is 0 Å². The molecule has 92 valence electrons. The van der Waals surface area contributed by atoms with Crippen molar-refractivity contribution in [2.75, 3.05) is 0 Å². The average Bonchev–Trinajstić information content (AvgIpc) is 2.31. The van der Waals surface area contributed by atoms with E-state index in [0.717, 1.165) is 4.47 Å². The number of aromatic nitrogens is 2. The first-order chi connectivity index (χ1) is 8.58. The Kier molecular flexibility index (Phi) is 3.78. The maximum absolute atomic E-state index is 10.9. The Hall–Kier alpha value is -1.66. The lowest BCUT2D eigenvalue weighted by molar-refractivity contribution is 0.0696. The summed E-state index contributed by atoms with van der Waals surface area (Å²) in [5.41, 5.74) is -0.0652. The Bertz CT molecular complexity index is 607. The number of halogens is 2. The first-order valence-corrected chi connectivity index (χ1v) is 5.91. The topological polar surface area (TPSA) is 72.3 Å². The van der Waals surface area contributed by atoms with Gasteiger partial charge in [-0.1, -0.05) is 11.6 Å². The van der Waals surface area contributed by atoms with E-state index in [1.54, 1.807) is 12.3 Å². The molecule has 0 fully saturated rings. The maximum atomic E-state index is 10.9. The van der Waals surface area contributed by atoms with Crippen LogP contribution in [0.2, 0.25) is 5.02 Å². The maximum Gasteiger partial charge on any atom is 0.337 e. The van der Waals surface area contributed by atoms with Gasteiger partial charge in [-0.3, -0.25) is 4.98 Å². The van der Waals surface area contributed by atoms with Gasteiger partial charge in [0.1, 0.15) is 10.8 Å². The number of ether oxygens (including phenoxy) is 1. The number of carboxylic acid groups (broad SMARTS) is 1. The minimum absolute atomic E-state index is 0.0245. The van der Waals surface area contributed by atoms with Crippen molar-refractivity contribution in [3.8, 4) is 11.6 Å². The van der Waals surface area contributed by atoms with Gasteiger partial charge in [0.05, 0.1) is 11.8 Å². The van der Waals surface area contributed by atoms with Crippen LogP contribution in [0.5, 0.6) is 11.6 Å². The monoisotopic (exact) mass is 328 g/mol. The predicted molar refractivity (Wildman–Crippen MR) is 68.2 cm³/mol. The molecule has 0 aliphatic rings. The highest BCUT2D eigenvalue weighted by atomic mass is 79.9. The number of carboxylic acids is 1. The average molecular weight is 330 g/mol. The van der Waals surface area contributed by atoms with E-state index in [-0.39, 0.29) is 16.5 Å². The zero-order valence-corrected chi connectivity index (χ0v) is 11.1. The molecule has 0 aliphatic heterocycles. The SMILES string of the molecule is O=C(O)c1ccnc(Oc2cncc(Br)c2)c1Cl. The summed E-state index contributed by atoms with van der Waals surface area (Å²) in [5, 5.41) is 8.86. The second-order valence-electron chi connectivity index (χ2n) is 3.22. The van der Waals surface area contributed by atoms with E-state index >= 15 is 0 Å². The summed E-state index contributed by atoms with van der Waals surface area (Å²) in [7, 11) is 0. The molecule has 1 N–H and O–H groups in total. The van der Waals surface area contributed by atoms with Gasteiger partial charge in [0.2, 0.25) is 5.88 Å². The fraction of sp³-hybridized carbons (Fsp3) is 0. The summed E-state index contributed by atoms with van der Waals surface area (Å²) in [6, 6.07) is 2.97. The third-order valence-electron chi connectivity index (χ3n) is 1.98. The second kappa shape index (κ2) is 5.32. The number of aromatic carboxylic acids is 1. The van der Waals surface area contributed by atoms with E-state index in [1.807, 2.05) is 0 Å². The molecule has 2 heterocycles. The van der Waals surface area contributed by atoms with Gasteiger partial charge in [0, 0.05) is 16.9 Å². The highest BCUT2D eigenvalue weighted by Gasteiger charge is 2.15. The van der Waals surface area contributed by atoms with Crippen LogP contribution >= 0.6 is 27.5 Å². The highest BCUT2D eigenvalue weighted by Crippen LogP contribution is 2.30. The van der Waals surface area contributed by atoms with Crippen molar-refractivity contribution < 1.29 is 14.6 Å². The second-order valence-corrected chi connectivity index (χ2v) is 4.52. The number of rotatable bonds is 3. The molecule has 0 aliphatic carbocycles. The molecule has 7 heteroatoms. The van der Waals surface area contributed by atoms with Crippen molar-refractivity contribution >= 4 is 33.5 Å². The van der Waals surface area contributed by atoms with Crippen molar-refractivity contribution in [3.63, 3.8) is 0 Å². The van der Waals surface area contributed by atoms with Crippen molar-refractivity contribution in [1.29, 1.82) is 0 Å². The summed E-state index contributed by atoms with van der Waals surface area (Å²) < 4.78 is 6.11. The molecule has 18 heavy (non-hydrogen) atoms. The molecule has 0 saturated heterocycles. The van der Waals surface area contributed by atoms with Crippen LogP contribution in [0.25, 0.3) is 0 Å². The molecule has 0 amide bonds. The van der Waals surface area contributed by atoms with E-state index in [2.05, 4.69) is 25.9 Å². The number of hydrogen-bond acceptors (Lipinski definition) is 4. The van der Waals surface area contributed by atoms with Crippen molar-refractivity contribution in [2.45, 2.75) is 0 Å². The van der Waals surface area contributed by atoms with Gasteiger partial charge in [-0.25, -0.2) is 9.78 Å². The number of nitrogens with zero attached hydrogens (tertiary/aromatic N) is 2. The van der Waals surface area contributed by atoms with Gasteiger partial charge in [-0.15, -0.1) is 0 Å². The van der Waals surface area contributed by atoms with Gasteiger partial charge < -0.3 is 9.84 Å². The molecule has 0 unspecified atom stereocenters. The van der Waals surface area contributed by atoms with Crippen molar-refractivity contribution in [1.82, 2.24) is 9.97 Å². The molecule has 2 aromatic rings. The van der Waals surface area contributed by atoms with E-state index in [9.17, 15) is 4.79 Å². The Balaban J connectivity index is 2.35. The molecular weight excluding hydrogens is 323 g/mol. The largest absolute Gasteiger partial charge is 0.478 e. The third-order valence-corrected chi connectivity index (χ3v) is 2.78. The van der Waals surface area contributed by atoms with Crippen LogP contribution in [-0.4, -0.2) is 21.0 Å². The van der Waals surface area contributed by atoms with Gasteiger partial charge in [0.15, 0.2) is 0 Å². The van der Waals surface area contributed by atoms with Crippen LogP contribution in [0, 0.1) is 0 Å². The van der Waals surface area contributed by atoms with Crippen molar-refractivity contribution in [3.05, 3.63) is 45.8 Å². The lowest BCUT2D eigenvalue weighted by atomic mass is 10.3. The van der Waals surface area contributed by atoms with Crippen molar-refractivity contribution in [2.24, 2.45) is 0 Å². The number of hydrogen-bond donors (Lipinski definition) is 1. The first-order valence-electron chi connectivity index (χ1n) is 4.74. The predicted octanol–water partition coefficient (Wildman–Crippen LogP) is 3.38. The fourth-order valence-corrected chi connectivity index (χ4v) is 1.80. The molecule has 5 nitrogen and oxygen atoms in total. The van der Waals surface area contributed by atoms with Crippen LogP contribution in [0.15, 0.2) is 35.2 Å². The normalized spacial score (nSPS) is 10.1. The van der Waals surface area contributed by atoms with E-state index in [1.165, 1.54) is 18.5 Å². The molecule has 0 spiro atoms. The highest BCUT2D eigenvalue weighted by molar-refractivity contribution is 9.10. The quantitative estimate of drug-likeness (QED) is 0.934. The summed E-state index contributed by atoms with van der Waals surface area (Å²) in [6.45, 7) is 0. The molecule has 0 aromatic carbocycles. The lowest BCUT2D eigenvalue weighted by Crippen LogP contribution is -2.00. The molecule has 2 rings (SSSR count). The summed E-state index contributed by atoms with van der Waals surface area (Å²) in [6.07, 6.45) is 4.38. The number of carbonyl (C=O) groups is 1. The first kappa shape index (κ1) is 12.8. The fourth-order valence-electron chi connectivity index (χ4n) is 1.22. The minimum Gasteiger partial charge on any atom is -0.478 e. The lowest BCUT2D eigenvalue weighted by Gasteiger charge is -2.07. The standard InChI is InChI=1S/C11H6BrClN2O3/c12-6-3-7(5-14-4-6)18-10-9(13)8(11(16)17)1-2-15-10/h1-5H,(H,16,17). The zero-order chi connectivity index (χ0) is 13.1. The summed E-state index contributed by atoms with van der Waals surface area (Å²) >= 11 is 9.13. The number of pyridine rings is 2. The van der Waals surface area contributed by atoms with Gasteiger partial charge in [0.25, 0.3) is 0 Å². The van der Waals surface area contributed by atoms with E-state index in [0.29, 0.717) is 5.75 Å². The zero-order valence-electron chi connectivity index (χ0n) is 8.80. The molecule has 0 atom stereocenters. The van der Waals surface area contributed by atoms with E-state index in [4.69, 9.17) is 21.4 Å². The minimum atomic E-state index is -1.14. The Morgan fingerprint density at radius 1 is 1.44 bits per heavy atom. The molecule has 0 saturated carbocycles. The van der Waals surface area contributed by atoms with Gasteiger partial charge >= 0.3 is 5.97 Å². The van der Waals surface area contributed by atoms with Crippen LogP contribution in [0.3, 0.4) is 0 Å². The Labute approximate surface area is 116 Å². The Morgan fingerprint density at radius 2 is 2.22 bits per heavy atom. The third kappa shape index (κ3) is 2.77. The molecule has 2 aromatic heterocycles. The van der Waals surface area contributed by atoms with Gasteiger partial charge in [-0.05, 0) is 28.1 Å². The molecular formula is C11H6BrClN2O3. The van der Waals surface area contributed by atoms with E-state index < -0.39 is 5.97 Å². The summed E-state index contributed by atoms with van der Waals surface area (Å²) in [5.74, 6) is -0.711. The molecule has 0 radical (unpaired) electrons.